The van der Waals surface area contributed by atoms with Gasteiger partial charge in [-0.1, -0.05) is 12.1 Å². The SMILES string of the molecule is O=C(O)C(CCC1OCCO1)c1cccc(F)c1. The molecule has 1 aromatic rings. The van der Waals surface area contributed by atoms with E-state index in [1.807, 2.05) is 0 Å². The Morgan fingerprint density at radius 2 is 2.17 bits per heavy atom. The average Bonchev–Trinajstić information content (AvgIpc) is 2.82. The summed E-state index contributed by atoms with van der Waals surface area (Å²) in [7, 11) is 0. The molecule has 0 amide bonds. The maximum Gasteiger partial charge on any atom is 0.310 e. The van der Waals surface area contributed by atoms with Crippen LogP contribution in [0.15, 0.2) is 24.3 Å². The molecule has 0 radical (unpaired) electrons. The van der Waals surface area contributed by atoms with Crippen LogP contribution in [0.25, 0.3) is 0 Å². The Morgan fingerprint density at radius 3 is 2.78 bits per heavy atom. The maximum absolute atomic E-state index is 13.1. The second-order valence-corrected chi connectivity index (χ2v) is 4.19. The first-order valence-corrected chi connectivity index (χ1v) is 5.88. The van der Waals surface area contributed by atoms with E-state index in [0.717, 1.165) is 0 Å². The van der Waals surface area contributed by atoms with Gasteiger partial charge in [0.1, 0.15) is 5.82 Å². The molecular weight excluding hydrogens is 239 g/mol. The van der Waals surface area contributed by atoms with Crippen molar-refractivity contribution in [2.45, 2.75) is 25.0 Å². The number of rotatable bonds is 5. The zero-order valence-electron chi connectivity index (χ0n) is 9.84. The maximum atomic E-state index is 13.1. The number of hydrogen-bond donors (Lipinski definition) is 1. The summed E-state index contributed by atoms with van der Waals surface area (Å²) >= 11 is 0. The van der Waals surface area contributed by atoms with E-state index in [4.69, 9.17) is 9.47 Å². The van der Waals surface area contributed by atoms with Crippen molar-refractivity contribution in [1.29, 1.82) is 0 Å². The Kier molecular flexibility index (Phi) is 4.28. The van der Waals surface area contributed by atoms with Gasteiger partial charge >= 0.3 is 5.97 Å². The molecule has 1 aliphatic rings. The number of carboxylic acid groups (broad SMARTS) is 1. The van der Waals surface area contributed by atoms with Gasteiger partial charge in [0.05, 0.1) is 19.1 Å². The predicted molar refractivity (Wildman–Crippen MR) is 61.7 cm³/mol. The molecule has 1 atom stereocenters. The van der Waals surface area contributed by atoms with Crippen LogP contribution >= 0.6 is 0 Å². The third kappa shape index (κ3) is 3.27. The Morgan fingerprint density at radius 1 is 1.44 bits per heavy atom. The summed E-state index contributed by atoms with van der Waals surface area (Å²) in [5.41, 5.74) is 0.473. The first kappa shape index (κ1) is 13.0. The Hall–Kier alpha value is -1.46. The van der Waals surface area contributed by atoms with Crippen LogP contribution in [0.1, 0.15) is 24.3 Å². The number of carboxylic acids is 1. The van der Waals surface area contributed by atoms with Gasteiger partial charge in [0, 0.05) is 0 Å². The minimum Gasteiger partial charge on any atom is -0.481 e. The number of halogens is 1. The highest BCUT2D eigenvalue weighted by atomic mass is 19.1. The van der Waals surface area contributed by atoms with Gasteiger partial charge in [-0.3, -0.25) is 4.79 Å². The predicted octanol–water partition coefficient (Wildman–Crippen LogP) is 2.15. The fourth-order valence-electron chi connectivity index (χ4n) is 2.03. The normalized spacial score (nSPS) is 17.8. The minimum absolute atomic E-state index is 0.333. The van der Waals surface area contributed by atoms with Crippen molar-refractivity contribution in [2.24, 2.45) is 0 Å². The fraction of sp³-hybridized carbons (Fsp3) is 0.462. The Labute approximate surface area is 104 Å². The average molecular weight is 254 g/mol. The minimum atomic E-state index is -0.960. The second kappa shape index (κ2) is 5.93. The van der Waals surface area contributed by atoms with E-state index in [0.29, 0.717) is 31.6 Å². The van der Waals surface area contributed by atoms with E-state index in [1.165, 1.54) is 18.2 Å². The van der Waals surface area contributed by atoms with Crippen molar-refractivity contribution < 1.29 is 23.8 Å². The van der Waals surface area contributed by atoms with Crippen molar-refractivity contribution >= 4 is 5.97 Å². The van der Waals surface area contributed by atoms with Crippen LogP contribution in [0.4, 0.5) is 4.39 Å². The Balaban J connectivity index is 2.01. The highest BCUT2D eigenvalue weighted by Crippen LogP contribution is 2.24. The van der Waals surface area contributed by atoms with E-state index >= 15 is 0 Å². The van der Waals surface area contributed by atoms with Crippen LogP contribution < -0.4 is 0 Å². The molecule has 2 rings (SSSR count). The molecule has 0 saturated carbocycles. The van der Waals surface area contributed by atoms with E-state index < -0.39 is 17.7 Å². The lowest BCUT2D eigenvalue weighted by atomic mass is 9.94. The summed E-state index contributed by atoms with van der Waals surface area (Å²) in [5, 5.41) is 9.19. The molecule has 1 N–H and O–H groups in total. The standard InChI is InChI=1S/C13H15FO4/c14-10-3-1-2-9(8-10)11(13(15)16)4-5-12-17-6-7-18-12/h1-3,8,11-12H,4-7H2,(H,15,16). The molecule has 1 unspecified atom stereocenters. The van der Waals surface area contributed by atoms with Crippen LogP contribution in [0.5, 0.6) is 0 Å². The third-order valence-electron chi connectivity index (χ3n) is 2.93. The highest BCUT2D eigenvalue weighted by molar-refractivity contribution is 5.76. The molecule has 0 spiro atoms. The van der Waals surface area contributed by atoms with Crippen LogP contribution in [0, 0.1) is 5.82 Å². The summed E-state index contributed by atoms with van der Waals surface area (Å²) in [6.07, 6.45) is 0.525. The molecule has 0 aromatic heterocycles. The molecular formula is C13H15FO4. The van der Waals surface area contributed by atoms with Crippen molar-refractivity contribution in [3.8, 4) is 0 Å². The lowest BCUT2D eigenvalue weighted by Gasteiger charge is -2.15. The molecule has 1 heterocycles. The summed E-state index contributed by atoms with van der Waals surface area (Å²) in [5.74, 6) is -2.11. The van der Waals surface area contributed by atoms with Crippen LogP contribution in [0.3, 0.4) is 0 Å². The van der Waals surface area contributed by atoms with E-state index in [2.05, 4.69) is 0 Å². The molecule has 1 fully saturated rings. The number of carbonyl (C=O) groups is 1. The smallest absolute Gasteiger partial charge is 0.310 e. The molecule has 1 aromatic carbocycles. The van der Waals surface area contributed by atoms with Gasteiger partial charge in [-0.2, -0.15) is 0 Å². The molecule has 1 saturated heterocycles. The number of hydrogen-bond acceptors (Lipinski definition) is 3. The van der Waals surface area contributed by atoms with Crippen molar-refractivity contribution in [1.82, 2.24) is 0 Å². The first-order chi connectivity index (χ1) is 8.66. The number of benzene rings is 1. The summed E-state index contributed by atoms with van der Waals surface area (Å²) in [6.45, 7) is 1.09. The molecule has 98 valence electrons. The number of aliphatic carboxylic acids is 1. The summed E-state index contributed by atoms with van der Waals surface area (Å²) < 4.78 is 23.6. The van der Waals surface area contributed by atoms with Gasteiger partial charge in [0.2, 0.25) is 0 Å². The lowest BCUT2D eigenvalue weighted by molar-refractivity contribution is -0.139. The fourth-order valence-corrected chi connectivity index (χ4v) is 2.03. The molecule has 4 nitrogen and oxygen atoms in total. The quantitative estimate of drug-likeness (QED) is 0.874. The van der Waals surface area contributed by atoms with Crippen LogP contribution in [0.2, 0.25) is 0 Å². The topological polar surface area (TPSA) is 55.8 Å². The van der Waals surface area contributed by atoms with Crippen molar-refractivity contribution in [3.63, 3.8) is 0 Å². The zero-order chi connectivity index (χ0) is 13.0. The van der Waals surface area contributed by atoms with E-state index in [9.17, 15) is 14.3 Å². The Bertz CT molecular complexity index is 415. The highest BCUT2D eigenvalue weighted by Gasteiger charge is 2.24. The van der Waals surface area contributed by atoms with E-state index in [1.54, 1.807) is 6.07 Å². The van der Waals surface area contributed by atoms with Crippen molar-refractivity contribution in [3.05, 3.63) is 35.6 Å². The third-order valence-corrected chi connectivity index (χ3v) is 2.93. The van der Waals surface area contributed by atoms with Gasteiger partial charge in [-0.25, -0.2) is 4.39 Å². The van der Waals surface area contributed by atoms with Gasteiger partial charge in [-0.15, -0.1) is 0 Å². The summed E-state index contributed by atoms with van der Waals surface area (Å²) in [4.78, 5) is 11.2. The van der Waals surface area contributed by atoms with Crippen LogP contribution in [-0.4, -0.2) is 30.6 Å². The van der Waals surface area contributed by atoms with E-state index in [-0.39, 0.29) is 6.29 Å². The second-order valence-electron chi connectivity index (χ2n) is 4.19. The van der Waals surface area contributed by atoms with Gasteiger partial charge < -0.3 is 14.6 Å². The van der Waals surface area contributed by atoms with Gasteiger partial charge in [0.15, 0.2) is 6.29 Å². The molecule has 5 heteroatoms. The zero-order valence-corrected chi connectivity index (χ0v) is 9.84. The molecule has 18 heavy (non-hydrogen) atoms. The first-order valence-electron chi connectivity index (χ1n) is 5.88. The molecule has 0 aliphatic carbocycles. The van der Waals surface area contributed by atoms with Gasteiger partial charge in [-0.05, 0) is 30.5 Å². The largest absolute Gasteiger partial charge is 0.481 e. The van der Waals surface area contributed by atoms with Gasteiger partial charge in [0.25, 0.3) is 0 Å². The van der Waals surface area contributed by atoms with Crippen LogP contribution in [-0.2, 0) is 14.3 Å². The van der Waals surface area contributed by atoms with Crippen molar-refractivity contribution in [2.75, 3.05) is 13.2 Å². The number of ether oxygens (including phenoxy) is 2. The monoisotopic (exact) mass is 254 g/mol. The molecule has 0 bridgehead atoms. The summed E-state index contributed by atoms with van der Waals surface area (Å²) in [6, 6.07) is 5.70. The molecule has 1 aliphatic heterocycles. The lowest BCUT2D eigenvalue weighted by Crippen LogP contribution is -2.16.